The van der Waals surface area contributed by atoms with Crippen LogP contribution in [-0.2, 0) is 6.54 Å². The second-order valence-electron chi connectivity index (χ2n) is 6.12. The SMILES string of the molecule is CC(C)[C@H](CC[NH2+]Cc1ccc2c(c1)OCO2)c1ccco1. The molecule has 0 aliphatic carbocycles. The zero-order valence-corrected chi connectivity index (χ0v) is 13.2. The van der Waals surface area contributed by atoms with E-state index < -0.39 is 0 Å². The van der Waals surface area contributed by atoms with Gasteiger partial charge in [0.05, 0.1) is 12.8 Å². The summed E-state index contributed by atoms with van der Waals surface area (Å²) in [5.41, 5.74) is 1.27. The molecule has 0 radical (unpaired) electrons. The van der Waals surface area contributed by atoms with Gasteiger partial charge in [-0.05, 0) is 36.2 Å². The van der Waals surface area contributed by atoms with Crippen LogP contribution in [0.4, 0.5) is 0 Å². The molecule has 0 bridgehead atoms. The summed E-state index contributed by atoms with van der Waals surface area (Å²) in [7, 11) is 0. The number of benzene rings is 1. The van der Waals surface area contributed by atoms with Crippen LogP contribution in [0.25, 0.3) is 0 Å². The van der Waals surface area contributed by atoms with Gasteiger partial charge < -0.3 is 19.2 Å². The average molecular weight is 302 g/mol. The Kier molecular flexibility index (Phi) is 4.68. The fraction of sp³-hybridized carbons (Fsp3) is 0.444. The van der Waals surface area contributed by atoms with Crippen LogP contribution in [0, 0.1) is 5.92 Å². The van der Waals surface area contributed by atoms with Crippen molar-refractivity contribution in [3.63, 3.8) is 0 Å². The predicted molar refractivity (Wildman–Crippen MR) is 84.0 cm³/mol. The molecule has 2 aromatic rings. The zero-order chi connectivity index (χ0) is 15.4. The highest BCUT2D eigenvalue weighted by atomic mass is 16.7. The van der Waals surface area contributed by atoms with Gasteiger partial charge in [0.25, 0.3) is 0 Å². The van der Waals surface area contributed by atoms with E-state index in [2.05, 4.69) is 37.4 Å². The Morgan fingerprint density at radius 3 is 2.77 bits per heavy atom. The maximum atomic E-state index is 5.58. The molecule has 22 heavy (non-hydrogen) atoms. The maximum absolute atomic E-state index is 5.58. The van der Waals surface area contributed by atoms with Gasteiger partial charge in [-0.15, -0.1) is 0 Å². The number of furan rings is 1. The lowest BCUT2D eigenvalue weighted by Gasteiger charge is -2.17. The summed E-state index contributed by atoms with van der Waals surface area (Å²) in [4.78, 5) is 0. The molecule has 118 valence electrons. The normalized spacial score (nSPS) is 14.5. The monoisotopic (exact) mass is 302 g/mol. The molecular formula is C18H24NO3+. The third kappa shape index (κ3) is 3.45. The number of fused-ring (bicyclic) bond motifs is 1. The fourth-order valence-electron chi connectivity index (χ4n) is 2.94. The van der Waals surface area contributed by atoms with Gasteiger partial charge in [-0.2, -0.15) is 0 Å². The largest absolute Gasteiger partial charge is 0.469 e. The van der Waals surface area contributed by atoms with Crippen LogP contribution in [-0.4, -0.2) is 13.3 Å². The number of nitrogens with two attached hydrogens (primary N) is 1. The summed E-state index contributed by atoms with van der Waals surface area (Å²) in [5, 5.41) is 2.34. The zero-order valence-electron chi connectivity index (χ0n) is 13.2. The summed E-state index contributed by atoms with van der Waals surface area (Å²) < 4.78 is 16.3. The van der Waals surface area contributed by atoms with E-state index in [0.717, 1.165) is 36.8 Å². The predicted octanol–water partition coefficient (Wildman–Crippen LogP) is 2.90. The minimum atomic E-state index is 0.335. The number of ether oxygens (including phenoxy) is 2. The van der Waals surface area contributed by atoms with Crippen molar-refractivity contribution in [2.24, 2.45) is 5.92 Å². The fourth-order valence-corrected chi connectivity index (χ4v) is 2.94. The van der Waals surface area contributed by atoms with Crippen molar-refractivity contribution in [2.45, 2.75) is 32.7 Å². The molecule has 0 amide bonds. The van der Waals surface area contributed by atoms with Crippen molar-refractivity contribution in [1.82, 2.24) is 0 Å². The quantitative estimate of drug-likeness (QED) is 0.800. The lowest BCUT2D eigenvalue weighted by molar-refractivity contribution is -0.671. The molecule has 0 fully saturated rings. The minimum Gasteiger partial charge on any atom is -0.469 e. The molecule has 3 rings (SSSR count). The first-order valence-corrected chi connectivity index (χ1v) is 7.97. The third-order valence-electron chi connectivity index (χ3n) is 4.21. The summed E-state index contributed by atoms with van der Waals surface area (Å²) in [6.45, 7) is 6.88. The molecule has 0 saturated heterocycles. The van der Waals surface area contributed by atoms with E-state index in [9.17, 15) is 0 Å². The smallest absolute Gasteiger partial charge is 0.231 e. The molecule has 1 aliphatic rings. The Hall–Kier alpha value is -1.94. The van der Waals surface area contributed by atoms with E-state index in [0.29, 0.717) is 18.6 Å². The molecule has 0 spiro atoms. The molecule has 1 aromatic carbocycles. The van der Waals surface area contributed by atoms with Crippen molar-refractivity contribution in [3.05, 3.63) is 47.9 Å². The van der Waals surface area contributed by atoms with Crippen LogP contribution in [0.2, 0.25) is 0 Å². The summed E-state index contributed by atoms with van der Waals surface area (Å²) in [6, 6.07) is 10.2. The van der Waals surface area contributed by atoms with E-state index in [1.807, 2.05) is 12.1 Å². The molecule has 2 N–H and O–H groups in total. The van der Waals surface area contributed by atoms with Crippen LogP contribution in [0.1, 0.15) is 37.5 Å². The van der Waals surface area contributed by atoms with Gasteiger partial charge in [0.15, 0.2) is 11.5 Å². The Balaban J connectivity index is 1.48. The highest BCUT2D eigenvalue weighted by molar-refractivity contribution is 5.44. The van der Waals surface area contributed by atoms with Crippen molar-refractivity contribution in [1.29, 1.82) is 0 Å². The van der Waals surface area contributed by atoms with Crippen molar-refractivity contribution < 1.29 is 19.2 Å². The van der Waals surface area contributed by atoms with Gasteiger partial charge in [-0.25, -0.2) is 0 Å². The second kappa shape index (κ2) is 6.88. The topological polar surface area (TPSA) is 48.2 Å². The van der Waals surface area contributed by atoms with Gasteiger partial charge >= 0.3 is 0 Å². The lowest BCUT2D eigenvalue weighted by atomic mass is 9.90. The Bertz CT molecular complexity index is 592. The highest BCUT2D eigenvalue weighted by Gasteiger charge is 2.19. The van der Waals surface area contributed by atoms with Crippen molar-refractivity contribution in [3.8, 4) is 11.5 Å². The summed E-state index contributed by atoms with van der Waals surface area (Å²) in [5.74, 6) is 3.89. The third-order valence-corrected chi connectivity index (χ3v) is 4.21. The van der Waals surface area contributed by atoms with Crippen molar-refractivity contribution in [2.75, 3.05) is 13.3 Å². The number of quaternary nitrogens is 1. The summed E-state index contributed by atoms with van der Waals surface area (Å²) >= 11 is 0. The number of rotatable bonds is 7. The van der Waals surface area contributed by atoms with Gasteiger partial charge in [0, 0.05) is 17.9 Å². The molecule has 0 unspecified atom stereocenters. The second-order valence-corrected chi connectivity index (χ2v) is 6.12. The van der Waals surface area contributed by atoms with Gasteiger partial charge in [0.1, 0.15) is 12.3 Å². The minimum absolute atomic E-state index is 0.335. The molecule has 1 aromatic heterocycles. The first kappa shape index (κ1) is 15.0. The van der Waals surface area contributed by atoms with Crippen molar-refractivity contribution >= 4 is 0 Å². The van der Waals surface area contributed by atoms with Crippen LogP contribution >= 0.6 is 0 Å². The Morgan fingerprint density at radius 1 is 1.14 bits per heavy atom. The molecule has 0 saturated carbocycles. The van der Waals surface area contributed by atoms with E-state index in [-0.39, 0.29) is 0 Å². The Labute approximate surface area is 131 Å². The van der Waals surface area contributed by atoms with Gasteiger partial charge in [-0.1, -0.05) is 13.8 Å². The van der Waals surface area contributed by atoms with Gasteiger partial charge in [-0.3, -0.25) is 0 Å². The number of hydrogen-bond donors (Lipinski definition) is 1. The van der Waals surface area contributed by atoms with E-state index >= 15 is 0 Å². The first-order chi connectivity index (χ1) is 10.7. The number of hydrogen-bond acceptors (Lipinski definition) is 3. The molecule has 2 heterocycles. The molecule has 4 heteroatoms. The Morgan fingerprint density at radius 2 is 2.00 bits per heavy atom. The molecule has 1 aliphatic heterocycles. The van der Waals surface area contributed by atoms with Crippen LogP contribution in [0.3, 0.4) is 0 Å². The standard InChI is InChI=1S/C18H23NO3/c1-13(2)15(16-4-3-9-20-16)7-8-19-11-14-5-6-17-18(10-14)22-12-21-17/h3-6,9-10,13,15,19H,7-8,11-12H2,1-2H3/p+1/t15-/m0/s1. The highest BCUT2D eigenvalue weighted by Crippen LogP contribution is 2.32. The maximum Gasteiger partial charge on any atom is 0.231 e. The van der Waals surface area contributed by atoms with Crippen LogP contribution < -0.4 is 14.8 Å². The van der Waals surface area contributed by atoms with E-state index in [1.54, 1.807) is 6.26 Å². The van der Waals surface area contributed by atoms with E-state index in [4.69, 9.17) is 13.9 Å². The average Bonchev–Trinajstić information content (AvgIpc) is 3.17. The van der Waals surface area contributed by atoms with Crippen LogP contribution in [0.15, 0.2) is 41.0 Å². The van der Waals surface area contributed by atoms with Gasteiger partial charge in [0.2, 0.25) is 6.79 Å². The molecule has 4 nitrogen and oxygen atoms in total. The summed E-state index contributed by atoms with van der Waals surface area (Å²) in [6.07, 6.45) is 2.89. The molecule has 1 atom stereocenters. The van der Waals surface area contributed by atoms with Crippen LogP contribution in [0.5, 0.6) is 11.5 Å². The van der Waals surface area contributed by atoms with E-state index in [1.165, 1.54) is 5.56 Å². The lowest BCUT2D eigenvalue weighted by Crippen LogP contribution is -2.82. The molecular weight excluding hydrogens is 278 g/mol. The first-order valence-electron chi connectivity index (χ1n) is 7.97.